The smallest absolute Gasteiger partial charge is 0.177 e. The standard InChI is InChI=1S/C13H8F2N2OS/c14-8-1-2-9(10(15)5-8)11-12(18-17-13(11)16)7-3-4-19-6-7/h1-6H,(H2,16,17). The van der Waals surface area contributed by atoms with Crippen LogP contribution in [0.1, 0.15) is 0 Å². The van der Waals surface area contributed by atoms with Crippen molar-refractivity contribution in [2.75, 3.05) is 5.73 Å². The summed E-state index contributed by atoms with van der Waals surface area (Å²) in [4.78, 5) is 0. The van der Waals surface area contributed by atoms with E-state index in [9.17, 15) is 8.78 Å². The number of anilines is 1. The second kappa shape index (κ2) is 4.47. The molecule has 0 spiro atoms. The predicted molar refractivity (Wildman–Crippen MR) is 69.6 cm³/mol. The molecule has 0 unspecified atom stereocenters. The number of nitrogen functional groups attached to an aromatic ring is 1. The SMILES string of the molecule is Nc1noc(-c2ccsc2)c1-c1ccc(F)cc1F. The summed E-state index contributed by atoms with van der Waals surface area (Å²) in [5.74, 6) is -0.893. The molecule has 3 nitrogen and oxygen atoms in total. The topological polar surface area (TPSA) is 52.0 Å². The molecule has 0 radical (unpaired) electrons. The monoisotopic (exact) mass is 278 g/mol. The van der Waals surface area contributed by atoms with Crippen LogP contribution >= 0.6 is 11.3 Å². The zero-order chi connectivity index (χ0) is 13.4. The number of thiophene rings is 1. The van der Waals surface area contributed by atoms with Gasteiger partial charge in [-0.1, -0.05) is 5.16 Å². The van der Waals surface area contributed by atoms with E-state index >= 15 is 0 Å². The number of nitrogens with zero attached hydrogens (tertiary/aromatic N) is 1. The average molecular weight is 278 g/mol. The quantitative estimate of drug-likeness (QED) is 0.772. The molecule has 0 aliphatic heterocycles. The minimum atomic E-state index is -0.702. The molecule has 0 saturated carbocycles. The second-order valence-corrected chi connectivity index (χ2v) is 4.69. The van der Waals surface area contributed by atoms with Gasteiger partial charge in [-0.05, 0) is 23.6 Å². The number of aromatic nitrogens is 1. The molecule has 0 bridgehead atoms. The van der Waals surface area contributed by atoms with E-state index in [0.717, 1.165) is 11.6 Å². The van der Waals surface area contributed by atoms with Gasteiger partial charge in [0.25, 0.3) is 0 Å². The number of halogens is 2. The summed E-state index contributed by atoms with van der Waals surface area (Å²) in [6, 6.07) is 5.11. The molecule has 6 heteroatoms. The highest BCUT2D eigenvalue weighted by Gasteiger charge is 2.20. The van der Waals surface area contributed by atoms with Crippen molar-refractivity contribution >= 4 is 17.2 Å². The molecule has 0 aliphatic carbocycles. The normalized spacial score (nSPS) is 10.8. The first-order valence-corrected chi connectivity index (χ1v) is 6.34. The molecule has 2 heterocycles. The number of hydrogen-bond donors (Lipinski definition) is 1. The van der Waals surface area contributed by atoms with Crippen molar-refractivity contribution in [3.8, 4) is 22.5 Å². The maximum absolute atomic E-state index is 13.9. The summed E-state index contributed by atoms with van der Waals surface area (Å²) in [5, 5.41) is 7.36. The Kier molecular flexibility index (Phi) is 2.79. The summed E-state index contributed by atoms with van der Waals surface area (Å²) in [6.07, 6.45) is 0. The second-order valence-electron chi connectivity index (χ2n) is 3.91. The fourth-order valence-corrected chi connectivity index (χ4v) is 2.48. The lowest BCUT2D eigenvalue weighted by Crippen LogP contribution is -1.92. The van der Waals surface area contributed by atoms with Gasteiger partial charge in [0, 0.05) is 22.6 Å². The Balaban J connectivity index is 2.22. The molecule has 0 saturated heterocycles. The van der Waals surface area contributed by atoms with Crippen molar-refractivity contribution in [2.45, 2.75) is 0 Å². The highest BCUT2D eigenvalue weighted by molar-refractivity contribution is 7.08. The molecule has 3 aromatic rings. The van der Waals surface area contributed by atoms with E-state index in [1.807, 2.05) is 16.8 Å². The lowest BCUT2D eigenvalue weighted by Gasteiger charge is -2.03. The molecular weight excluding hydrogens is 270 g/mol. The molecule has 19 heavy (non-hydrogen) atoms. The number of benzene rings is 1. The van der Waals surface area contributed by atoms with E-state index in [-0.39, 0.29) is 11.4 Å². The molecule has 1 aromatic carbocycles. The van der Waals surface area contributed by atoms with Gasteiger partial charge in [0.15, 0.2) is 11.6 Å². The van der Waals surface area contributed by atoms with Gasteiger partial charge in [-0.3, -0.25) is 0 Å². The summed E-state index contributed by atoms with van der Waals surface area (Å²) in [6.45, 7) is 0. The van der Waals surface area contributed by atoms with Gasteiger partial charge in [-0.15, -0.1) is 0 Å². The van der Waals surface area contributed by atoms with Gasteiger partial charge in [0.1, 0.15) is 11.6 Å². The molecule has 2 aromatic heterocycles. The summed E-state index contributed by atoms with van der Waals surface area (Å²) in [7, 11) is 0. The third kappa shape index (κ3) is 2.00. The third-order valence-corrected chi connectivity index (χ3v) is 3.39. The van der Waals surface area contributed by atoms with Gasteiger partial charge in [0.05, 0.1) is 5.56 Å². The van der Waals surface area contributed by atoms with Crippen LogP contribution in [-0.2, 0) is 0 Å². The largest absolute Gasteiger partial charge is 0.380 e. The predicted octanol–water partition coefficient (Wildman–Crippen LogP) is 3.93. The maximum Gasteiger partial charge on any atom is 0.177 e. The third-order valence-electron chi connectivity index (χ3n) is 2.70. The zero-order valence-electron chi connectivity index (χ0n) is 9.56. The fourth-order valence-electron chi connectivity index (χ4n) is 1.85. The van der Waals surface area contributed by atoms with Crippen molar-refractivity contribution in [2.24, 2.45) is 0 Å². The average Bonchev–Trinajstić information content (AvgIpc) is 2.99. The highest BCUT2D eigenvalue weighted by Crippen LogP contribution is 2.38. The lowest BCUT2D eigenvalue weighted by molar-refractivity contribution is 0.436. The number of nitrogens with two attached hydrogens (primary N) is 1. The maximum atomic E-state index is 13.9. The first-order valence-electron chi connectivity index (χ1n) is 5.40. The summed E-state index contributed by atoms with van der Waals surface area (Å²) >= 11 is 1.47. The van der Waals surface area contributed by atoms with Gasteiger partial charge < -0.3 is 10.3 Å². The molecule has 2 N–H and O–H groups in total. The molecule has 0 fully saturated rings. The van der Waals surface area contributed by atoms with E-state index in [1.54, 1.807) is 0 Å². The van der Waals surface area contributed by atoms with Crippen LogP contribution in [0.2, 0.25) is 0 Å². The fraction of sp³-hybridized carbons (Fsp3) is 0. The molecule has 0 atom stereocenters. The Bertz CT molecular complexity index is 722. The van der Waals surface area contributed by atoms with Gasteiger partial charge in [-0.25, -0.2) is 8.78 Å². The Morgan fingerprint density at radius 3 is 2.74 bits per heavy atom. The minimum Gasteiger partial charge on any atom is -0.380 e. The highest BCUT2D eigenvalue weighted by atomic mass is 32.1. The zero-order valence-corrected chi connectivity index (χ0v) is 10.4. The van der Waals surface area contributed by atoms with Gasteiger partial charge in [-0.2, -0.15) is 11.3 Å². The van der Waals surface area contributed by atoms with Crippen molar-refractivity contribution in [3.63, 3.8) is 0 Å². The summed E-state index contributed by atoms with van der Waals surface area (Å²) < 4.78 is 32.0. The van der Waals surface area contributed by atoms with E-state index < -0.39 is 11.6 Å². The Hall–Kier alpha value is -2.21. The Morgan fingerprint density at radius 1 is 1.21 bits per heavy atom. The first-order chi connectivity index (χ1) is 9.16. The minimum absolute atomic E-state index is 0.0757. The number of rotatable bonds is 2. The number of hydrogen-bond acceptors (Lipinski definition) is 4. The van der Waals surface area contributed by atoms with Gasteiger partial charge >= 0.3 is 0 Å². The molecule has 96 valence electrons. The van der Waals surface area contributed by atoms with Crippen molar-refractivity contribution < 1.29 is 13.3 Å². The van der Waals surface area contributed by atoms with Crippen LogP contribution in [0, 0.1) is 11.6 Å². The first kappa shape index (κ1) is 11.9. The van der Waals surface area contributed by atoms with Crippen LogP contribution < -0.4 is 5.73 Å². The van der Waals surface area contributed by atoms with E-state index in [0.29, 0.717) is 11.3 Å². The van der Waals surface area contributed by atoms with Crippen LogP contribution in [0.5, 0.6) is 0 Å². The van der Waals surface area contributed by atoms with Crippen LogP contribution in [0.3, 0.4) is 0 Å². The van der Waals surface area contributed by atoms with Crippen LogP contribution in [-0.4, -0.2) is 5.16 Å². The molecular formula is C13H8F2N2OS. The van der Waals surface area contributed by atoms with Crippen molar-refractivity contribution in [1.82, 2.24) is 5.16 Å². The molecule has 0 aliphatic rings. The van der Waals surface area contributed by atoms with Crippen LogP contribution in [0.25, 0.3) is 22.5 Å². The van der Waals surface area contributed by atoms with Crippen LogP contribution in [0.15, 0.2) is 39.5 Å². The lowest BCUT2D eigenvalue weighted by atomic mass is 10.0. The van der Waals surface area contributed by atoms with Crippen molar-refractivity contribution in [1.29, 1.82) is 0 Å². The Labute approximate surface area is 111 Å². The van der Waals surface area contributed by atoms with Crippen molar-refractivity contribution in [3.05, 3.63) is 46.7 Å². The molecule has 3 rings (SSSR count). The summed E-state index contributed by atoms with van der Waals surface area (Å²) in [5.41, 5.74) is 6.99. The van der Waals surface area contributed by atoms with Gasteiger partial charge in [0.2, 0.25) is 0 Å². The van der Waals surface area contributed by atoms with E-state index in [1.165, 1.54) is 23.5 Å². The molecule has 0 amide bonds. The Morgan fingerprint density at radius 2 is 2.05 bits per heavy atom. The van der Waals surface area contributed by atoms with Crippen LogP contribution in [0.4, 0.5) is 14.6 Å². The van der Waals surface area contributed by atoms with E-state index in [2.05, 4.69) is 5.16 Å². The van der Waals surface area contributed by atoms with E-state index in [4.69, 9.17) is 10.3 Å².